The van der Waals surface area contributed by atoms with Crippen molar-refractivity contribution in [2.24, 2.45) is 0 Å². The van der Waals surface area contributed by atoms with Crippen LogP contribution in [0.2, 0.25) is 13.1 Å². The van der Waals surface area contributed by atoms with Gasteiger partial charge in [-0.3, -0.25) is 0 Å². The Hall–Kier alpha value is -2.22. The molecule has 4 heteroatoms. The molecule has 0 aromatic heterocycles. The van der Waals surface area contributed by atoms with E-state index in [2.05, 4.69) is 170 Å². The zero-order valence-corrected chi connectivity index (χ0v) is 32.3. The van der Waals surface area contributed by atoms with Gasteiger partial charge in [0.15, 0.2) is 0 Å². The Kier molecular flexibility index (Phi) is 14.4. The predicted octanol–water partition coefficient (Wildman–Crippen LogP) is 13.3. The first-order valence-electron chi connectivity index (χ1n) is 15.1. The molecule has 0 nitrogen and oxygen atoms in total. The van der Waals surface area contributed by atoms with E-state index >= 15 is 0 Å². The average Bonchev–Trinajstić information content (AvgIpc) is 3.61. The molecule has 0 saturated carbocycles. The summed E-state index contributed by atoms with van der Waals surface area (Å²) in [4.78, 5) is 0. The van der Waals surface area contributed by atoms with Crippen LogP contribution in [0.5, 0.6) is 0 Å². The molecule has 6 aromatic carbocycles. The van der Waals surface area contributed by atoms with E-state index < -0.39 is 20.8 Å². The van der Waals surface area contributed by atoms with Crippen molar-refractivity contribution >= 4 is 48.1 Å². The number of benzene rings is 4. The number of aryl methyl sites for hydroxylation is 1. The summed E-state index contributed by atoms with van der Waals surface area (Å²) in [7, 11) is 11.0. The fourth-order valence-electron chi connectivity index (χ4n) is 5.25. The Labute approximate surface area is 287 Å². The summed E-state index contributed by atoms with van der Waals surface area (Å²) in [5, 5.41) is 5.40. The van der Waals surface area contributed by atoms with Crippen molar-refractivity contribution in [2.45, 2.75) is 66.0 Å². The van der Waals surface area contributed by atoms with Crippen LogP contribution >= 0.6 is 17.0 Å². The molecule has 226 valence electrons. The molecule has 0 N–H and O–H groups in total. The summed E-state index contributed by atoms with van der Waals surface area (Å²) >= 11 is -0.826. The van der Waals surface area contributed by atoms with Gasteiger partial charge in [-0.25, -0.2) is 0 Å². The van der Waals surface area contributed by atoms with Crippen LogP contribution < -0.4 is 0 Å². The molecule has 0 unspecified atom stereocenters. The van der Waals surface area contributed by atoms with Crippen molar-refractivity contribution in [3.05, 3.63) is 132 Å². The third-order valence-electron chi connectivity index (χ3n) is 7.48. The van der Waals surface area contributed by atoms with Crippen LogP contribution in [-0.2, 0) is 26.3 Å². The van der Waals surface area contributed by atoms with Gasteiger partial charge in [-0.05, 0) is 28.0 Å². The predicted molar refractivity (Wildman–Crippen MR) is 197 cm³/mol. The normalized spacial score (nSPS) is 10.7. The second kappa shape index (κ2) is 17.5. The van der Waals surface area contributed by atoms with Gasteiger partial charge in [0, 0.05) is 9.52 Å². The monoisotopic (exact) mass is 712 g/mol. The fourth-order valence-corrected chi connectivity index (χ4v) is 5.25. The number of rotatable bonds is 3. The van der Waals surface area contributed by atoms with E-state index in [9.17, 15) is 0 Å². The second-order valence-electron chi connectivity index (χ2n) is 12.4. The Bertz CT molecular complexity index is 1700. The SMILES string of the molecule is CC(C)c1cc2c(-c3ccc(C(C)(C)C)cc3)cccc2[cH-]1.C[Si]C.Cc1cc2c(-c3ccccc3)cccc2[cH-]1.[Cl][Zr+2][Cl]. The number of fused-ring (bicyclic) bond motifs is 2. The maximum atomic E-state index is 4.93. The van der Waals surface area contributed by atoms with Crippen molar-refractivity contribution in [1.82, 2.24) is 0 Å². The average molecular weight is 715 g/mol. The van der Waals surface area contributed by atoms with E-state index in [1.165, 1.54) is 60.5 Å². The Morgan fingerprint density at radius 2 is 1.14 bits per heavy atom. The van der Waals surface area contributed by atoms with Crippen LogP contribution in [0.3, 0.4) is 0 Å². The molecule has 0 aliphatic rings. The van der Waals surface area contributed by atoms with E-state index in [0.717, 1.165) is 9.52 Å². The van der Waals surface area contributed by atoms with Gasteiger partial charge < -0.3 is 0 Å². The molecule has 0 fully saturated rings. The quantitative estimate of drug-likeness (QED) is 0.126. The maximum absolute atomic E-state index is 4.93. The van der Waals surface area contributed by atoms with Crippen LogP contribution in [0.25, 0.3) is 43.8 Å². The van der Waals surface area contributed by atoms with E-state index in [-0.39, 0.29) is 5.41 Å². The second-order valence-corrected chi connectivity index (χ2v) is 17.1. The topological polar surface area (TPSA) is 0 Å². The molecule has 2 radical (unpaired) electrons. The van der Waals surface area contributed by atoms with Crippen molar-refractivity contribution in [1.29, 1.82) is 0 Å². The summed E-state index contributed by atoms with van der Waals surface area (Å²) in [6, 6.07) is 41.9. The molecule has 0 spiro atoms. The molecule has 6 rings (SSSR count). The number of hydrogen-bond donors (Lipinski definition) is 0. The molecule has 0 amide bonds. The van der Waals surface area contributed by atoms with Gasteiger partial charge in [0.25, 0.3) is 0 Å². The van der Waals surface area contributed by atoms with Crippen LogP contribution in [0.4, 0.5) is 0 Å². The van der Waals surface area contributed by atoms with E-state index in [4.69, 9.17) is 17.0 Å². The Morgan fingerprint density at radius 1 is 0.659 bits per heavy atom. The summed E-state index contributed by atoms with van der Waals surface area (Å²) in [6.07, 6.45) is 0. The van der Waals surface area contributed by atoms with E-state index in [1.807, 2.05) is 0 Å². The zero-order chi connectivity index (χ0) is 32.3. The zero-order valence-electron chi connectivity index (χ0n) is 27.3. The number of hydrogen-bond acceptors (Lipinski definition) is 0. The van der Waals surface area contributed by atoms with Crippen LogP contribution in [0.15, 0.2) is 115 Å². The van der Waals surface area contributed by atoms with E-state index in [0.29, 0.717) is 5.92 Å². The first kappa shape index (κ1) is 36.3. The summed E-state index contributed by atoms with van der Waals surface area (Å²) in [5.41, 5.74) is 9.60. The van der Waals surface area contributed by atoms with Crippen LogP contribution in [0.1, 0.15) is 57.2 Å². The van der Waals surface area contributed by atoms with Gasteiger partial charge in [-0.2, -0.15) is 12.1 Å². The van der Waals surface area contributed by atoms with Crippen molar-refractivity contribution in [2.75, 3.05) is 0 Å². The number of halogens is 2. The molecule has 6 aromatic rings. The summed E-state index contributed by atoms with van der Waals surface area (Å²) < 4.78 is 0. The van der Waals surface area contributed by atoms with Gasteiger partial charge in [0.05, 0.1) is 0 Å². The first-order valence-corrected chi connectivity index (χ1v) is 23.4. The van der Waals surface area contributed by atoms with Gasteiger partial charge in [-0.15, -0.1) is 69.1 Å². The molecule has 0 aliphatic heterocycles. The standard InChI is InChI=1S/C22H25.C16H13.C2H6Si.2ClH.Zr/c1-15(2)18-13-17-7-6-8-20(21(17)14-18)16-9-11-19(12-10-16)22(3,4)5;1-12-10-14-8-5-9-15(16(14)11-12)13-6-3-2-4-7-13;1-3-2;;;/h6-15H,1-5H3;2-11H,1H3;1-2H3;2*1H;/q2*-1;;;;+4/p-2. The van der Waals surface area contributed by atoms with Gasteiger partial charge in [0.1, 0.15) is 0 Å². The molecule has 44 heavy (non-hydrogen) atoms. The van der Waals surface area contributed by atoms with Gasteiger partial charge in [0.2, 0.25) is 0 Å². The molecular weight excluding hydrogens is 671 g/mol. The Morgan fingerprint density at radius 3 is 1.64 bits per heavy atom. The van der Waals surface area contributed by atoms with Crippen LogP contribution in [-0.4, -0.2) is 9.52 Å². The van der Waals surface area contributed by atoms with Gasteiger partial charge in [-0.1, -0.05) is 132 Å². The van der Waals surface area contributed by atoms with Crippen molar-refractivity contribution in [3.63, 3.8) is 0 Å². The van der Waals surface area contributed by atoms with E-state index in [1.54, 1.807) is 0 Å². The molecule has 0 heterocycles. The third kappa shape index (κ3) is 9.89. The minimum absolute atomic E-state index is 0.204. The first-order chi connectivity index (χ1) is 21.0. The minimum atomic E-state index is -0.826. The van der Waals surface area contributed by atoms with Gasteiger partial charge >= 0.3 is 37.9 Å². The Balaban J connectivity index is 0.000000211. The van der Waals surface area contributed by atoms with Crippen molar-refractivity contribution < 1.29 is 20.8 Å². The molecule has 0 aliphatic carbocycles. The third-order valence-corrected chi connectivity index (χ3v) is 7.48. The summed E-state index contributed by atoms with van der Waals surface area (Å²) in [6.45, 7) is 17.7. The van der Waals surface area contributed by atoms with Crippen molar-refractivity contribution in [3.8, 4) is 22.3 Å². The summed E-state index contributed by atoms with van der Waals surface area (Å²) in [5.74, 6) is 0.573. The molecular formula is C40H44Cl2SiZr. The van der Waals surface area contributed by atoms with Crippen LogP contribution in [0, 0.1) is 6.92 Å². The molecule has 0 atom stereocenters. The molecule has 0 saturated heterocycles. The fraction of sp³-hybridized carbons (Fsp3) is 0.250. The molecule has 0 bridgehead atoms.